The van der Waals surface area contributed by atoms with Gasteiger partial charge in [-0.1, -0.05) is 415 Å². The van der Waals surface area contributed by atoms with Gasteiger partial charge in [0.15, 0.2) is 0 Å². The minimum atomic E-state index is 0. The number of hydrogen-bond acceptors (Lipinski definition) is 0. The molecule has 0 fully saturated rings. The summed E-state index contributed by atoms with van der Waals surface area (Å²) >= 11 is 0. The largest absolute Gasteiger partial charge is 2.00 e. The Labute approximate surface area is 646 Å². The first-order chi connectivity index (χ1) is 49.3. The van der Waals surface area contributed by atoms with Crippen LogP contribution >= 0.6 is 0 Å². The number of rotatable bonds is 71. The van der Waals surface area contributed by atoms with Crippen LogP contribution in [-0.2, 0) is 55.0 Å². The predicted molar refractivity (Wildman–Crippen MR) is 456 cm³/mol. The van der Waals surface area contributed by atoms with Gasteiger partial charge in [0.1, 0.15) is 0 Å². The van der Waals surface area contributed by atoms with E-state index in [0.717, 1.165) is 69.2 Å². The predicted octanol–water partition coefficient (Wildman–Crippen LogP) is 34.9. The fraction of sp³-hybridized carbons (Fsp3) is 0.816. The van der Waals surface area contributed by atoms with E-state index in [4.69, 9.17) is 0 Å². The summed E-state index contributed by atoms with van der Waals surface area (Å²) in [4.78, 5) is 0. The van der Waals surface area contributed by atoms with Crippen molar-refractivity contribution in [2.75, 3.05) is 0 Å². The maximum atomic E-state index is 12.2. The van der Waals surface area contributed by atoms with E-state index in [2.05, 4.69) is 107 Å². The molecule has 2 aromatic carbocycles. The molecule has 3 heteroatoms. The number of allylic oxidation sites excluding steroid dienone is 2. The van der Waals surface area contributed by atoms with Crippen LogP contribution in [0, 0.1) is 13.8 Å². The second kappa shape index (κ2) is 76.2. The molecule has 0 aliphatic carbocycles. The molecule has 0 N–H and O–H groups in total. The van der Waals surface area contributed by atoms with Crippen LogP contribution in [-0.4, -0.2) is 4.70 Å². The Kier molecular flexibility index (Phi) is 74.7. The number of hydrogen-bond donors (Lipinski definition) is 0. The molecule has 101 heavy (non-hydrogen) atoms. The molecule has 0 unspecified atom stereocenters. The molecule has 0 saturated heterocycles. The smallest absolute Gasteiger partial charge is 0.493 e. The molecule has 0 aromatic heterocycles. The first kappa shape index (κ1) is 99.0. The van der Waals surface area contributed by atoms with E-state index in [1.165, 1.54) is 437 Å². The number of benzene rings is 2. The van der Waals surface area contributed by atoms with Gasteiger partial charge >= 0.3 is 16.5 Å². The molecule has 2 aromatic rings. The molecule has 1 heterocycles. The SMILES string of the molecule is CCCCC1=C(c2cc(CCCC)c(CCCC)c(CCCC)c2)[N+](=[N-])C(c2cc(CCCC)c(CCCC)c(CCCC)c2)=C1.[CH2-]CCCCCCCCCCCCCCCCCCCCCCCCCC.[CH2-]CCCCCCCCCCCCCCCCCCCCCCCCCC.[Ni+2]. The van der Waals surface area contributed by atoms with Gasteiger partial charge < -0.3 is 19.4 Å². The van der Waals surface area contributed by atoms with Gasteiger partial charge in [0.2, 0.25) is 11.4 Å². The van der Waals surface area contributed by atoms with Crippen molar-refractivity contribution in [3.63, 3.8) is 0 Å². The van der Waals surface area contributed by atoms with Crippen LogP contribution in [0.4, 0.5) is 0 Å². The van der Waals surface area contributed by atoms with E-state index >= 15 is 0 Å². The molecular formula is C98H178N2Ni. The van der Waals surface area contributed by atoms with Gasteiger partial charge in [0.05, 0.1) is 0 Å². The summed E-state index contributed by atoms with van der Waals surface area (Å²) in [6.45, 7) is 28.5. The van der Waals surface area contributed by atoms with E-state index in [9.17, 15) is 5.53 Å². The third kappa shape index (κ3) is 53.5. The molecule has 1 aliphatic heterocycles. The van der Waals surface area contributed by atoms with Crippen LogP contribution in [0.15, 0.2) is 35.9 Å². The van der Waals surface area contributed by atoms with Crippen molar-refractivity contribution in [1.29, 1.82) is 0 Å². The van der Waals surface area contributed by atoms with Gasteiger partial charge in [0.25, 0.3) is 0 Å². The summed E-state index contributed by atoms with van der Waals surface area (Å²) in [5, 5.41) is 0. The van der Waals surface area contributed by atoms with Crippen LogP contribution in [0.1, 0.15) is 524 Å². The maximum Gasteiger partial charge on any atom is 2.00 e. The van der Waals surface area contributed by atoms with E-state index in [1.807, 2.05) is 0 Å². The number of aryl methyl sites for hydroxylation is 4. The minimum absolute atomic E-state index is 0. The Morgan fingerprint density at radius 2 is 0.426 bits per heavy atom. The summed E-state index contributed by atoms with van der Waals surface area (Å²) in [6.07, 6.45) is 99.7. The Morgan fingerprint density at radius 1 is 0.238 bits per heavy atom. The van der Waals surface area contributed by atoms with E-state index in [1.54, 1.807) is 15.8 Å². The van der Waals surface area contributed by atoms with Crippen molar-refractivity contribution in [2.24, 2.45) is 0 Å². The topological polar surface area (TPSA) is 25.3 Å². The van der Waals surface area contributed by atoms with Gasteiger partial charge in [-0.05, 0) is 148 Å². The molecule has 590 valence electrons. The van der Waals surface area contributed by atoms with E-state index in [-0.39, 0.29) is 16.5 Å². The van der Waals surface area contributed by atoms with Gasteiger partial charge in [-0.2, -0.15) is 12.8 Å². The molecule has 0 bridgehead atoms. The normalized spacial score (nSPS) is 12.1. The van der Waals surface area contributed by atoms with Crippen LogP contribution in [0.25, 0.3) is 16.9 Å². The van der Waals surface area contributed by atoms with Crippen molar-refractivity contribution < 1.29 is 21.2 Å². The second-order valence-electron chi connectivity index (χ2n) is 32.0. The summed E-state index contributed by atoms with van der Waals surface area (Å²) in [6, 6.07) is 9.81. The quantitative estimate of drug-likeness (QED) is 0.0273. The molecule has 0 saturated carbocycles. The molecule has 0 spiro atoms. The summed E-state index contributed by atoms with van der Waals surface area (Å²) in [5.41, 5.74) is 27.2. The molecule has 3 rings (SSSR count). The first-order valence-electron chi connectivity index (χ1n) is 46.1. The fourth-order valence-electron chi connectivity index (χ4n) is 15.5. The number of nitrogens with zero attached hydrogens (tertiary/aromatic N) is 2. The van der Waals surface area contributed by atoms with Crippen molar-refractivity contribution in [3.8, 4) is 0 Å². The summed E-state index contributed by atoms with van der Waals surface area (Å²) in [7, 11) is 0. The minimum Gasteiger partial charge on any atom is -0.493 e. The second-order valence-corrected chi connectivity index (χ2v) is 32.0. The maximum absolute atomic E-state index is 12.2. The van der Waals surface area contributed by atoms with Crippen LogP contribution in [0.2, 0.25) is 0 Å². The molecule has 0 amide bonds. The molecular weight excluding hydrogens is 1260 g/mol. The van der Waals surface area contributed by atoms with Crippen LogP contribution in [0.3, 0.4) is 0 Å². The molecule has 1 aliphatic rings. The number of unbranched alkanes of at least 4 members (excludes halogenated alkanes) is 55. The average molecular weight is 1440 g/mol. The first-order valence-corrected chi connectivity index (χ1v) is 46.1. The van der Waals surface area contributed by atoms with Crippen molar-refractivity contribution in [2.45, 2.75) is 518 Å². The van der Waals surface area contributed by atoms with Gasteiger partial charge in [-0.3, -0.25) is 0 Å². The third-order valence-corrected chi connectivity index (χ3v) is 22.3. The van der Waals surface area contributed by atoms with Gasteiger partial charge in [-0.15, -0.1) is 0 Å². The van der Waals surface area contributed by atoms with Gasteiger partial charge in [0, 0.05) is 22.8 Å². The fourth-order valence-corrected chi connectivity index (χ4v) is 15.5. The summed E-state index contributed by atoms with van der Waals surface area (Å²) in [5.74, 6) is 0. The Hall–Kier alpha value is -1.99. The Bertz CT molecular complexity index is 2000. The van der Waals surface area contributed by atoms with Crippen molar-refractivity contribution in [3.05, 3.63) is 99.8 Å². The van der Waals surface area contributed by atoms with Gasteiger partial charge in [-0.25, -0.2) is 4.70 Å². The Balaban J connectivity index is 0.00000158. The standard InChI is InChI=1S/C44H68N2.2C27H55.Ni/c1-8-15-22-34-29-39(30-35(23-16-9-2)41(34)27-20-13-6)43-33-38(26-19-12-5)44(46(43)45)40-31-36(24-17-10-3)42(28-21-14-7)37(32-40)25-18-11-4;2*1-3-5-7-9-11-13-15-17-19-21-23-25-27-26-24-22-20-18-16-14-12-10-8-6-4-2;/h29-33H,8-28H2,1-7H3;2*1,3-27H2,2H3;/q;2*-1;+2. The Morgan fingerprint density at radius 3 is 0.644 bits per heavy atom. The molecule has 2 nitrogen and oxygen atoms in total. The molecule has 0 atom stereocenters. The summed E-state index contributed by atoms with van der Waals surface area (Å²) < 4.78 is 1.59. The van der Waals surface area contributed by atoms with Crippen LogP contribution < -0.4 is 0 Å². The zero-order chi connectivity index (χ0) is 72.7. The third-order valence-electron chi connectivity index (χ3n) is 22.3. The van der Waals surface area contributed by atoms with Crippen molar-refractivity contribution in [1.82, 2.24) is 0 Å². The monoisotopic (exact) mass is 1440 g/mol. The zero-order valence-corrected chi connectivity index (χ0v) is 71.2. The van der Waals surface area contributed by atoms with Crippen LogP contribution in [0.5, 0.6) is 0 Å². The van der Waals surface area contributed by atoms with E-state index < -0.39 is 0 Å². The molecule has 0 radical (unpaired) electrons. The van der Waals surface area contributed by atoms with E-state index in [0.29, 0.717) is 0 Å². The zero-order valence-electron chi connectivity index (χ0n) is 70.2. The van der Waals surface area contributed by atoms with Crippen molar-refractivity contribution >= 4 is 11.4 Å². The average Bonchev–Trinajstić information content (AvgIpc) is 1.65.